The second-order valence-electron chi connectivity index (χ2n) is 4.86. The van der Waals surface area contributed by atoms with Crippen LogP contribution in [0.5, 0.6) is 5.75 Å². The predicted octanol–water partition coefficient (Wildman–Crippen LogP) is 2.07. The Hall–Kier alpha value is -2.04. The van der Waals surface area contributed by atoms with Crippen molar-refractivity contribution in [2.45, 2.75) is 32.8 Å². The first-order valence-corrected chi connectivity index (χ1v) is 6.70. The minimum Gasteiger partial charge on any atom is -0.481 e. The van der Waals surface area contributed by atoms with Crippen molar-refractivity contribution >= 4 is 11.9 Å². The highest BCUT2D eigenvalue weighted by Crippen LogP contribution is 2.11. The lowest BCUT2D eigenvalue weighted by molar-refractivity contribution is -0.137. The van der Waals surface area contributed by atoms with E-state index in [0.29, 0.717) is 18.7 Å². The normalized spacial score (nSPS) is 13.3. The van der Waals surface area contributed by atoms with Crippen molar-refractivity contribution in [2.24, 2.45) is 5.92 Å². The van der Waals surface area contributed by atoms with Gasteiger partial charge in [0.05, 0.1) is 0 Å². The van der Waals surface area contributed by atoms with E-state index in [2.05, 4.69) is 5.32 Å². The van der Waals surface area contributed by atoms with E-state index in [0.717, 1.165) is 0 Å². The number of hydrogen-bond acceptors (Lipinski definition) is 3. The number of rotatable bonds is 8. The van der Waals surface area contributed by atoms with Gasteiger partial charge < -0.3 is 15.2 Å². The smallest absolute Gasteiger partial charge is 0.303 e. The summed E-state index contributed by atoms with van der Waals surface area (Å²) in [6.45, 7) is 4.05. The lowest BCUT2D eigenvalue weighted by Gasteiger charge is -2.16. The predicted molar refractivity (Wildman–Crippen MR) is 75.6 cm³/mol. The van der Waals surface area contributed by atoms with Crippen LogP contribution in [0.2, 0.25) is 0 Å². The maximum atomic E-state index is 11.8. The van der Waals surface area contributed by atoms with Gasteiger partial charge in [0.2, 0.25) is 0 Å². The standard InChI is InChI=1S/C15H21NO4/c1-11(8-9-14(17)18)10-16-15(19)12(2)20-13-6-4-3-5-7-13/h3-7,11-12H,8-10H2,1-2H3,(H,16,19)(H,17,18). The van der Waals surface area contributed by atoms with Gasteiger partial charge in [-0.2, -0.15) is 0 Å². The molecule has 2 N–H and O–H groups in total. The maximum absolute atomic E-state index is 11.8. The molecule has 5 nitrogen and oxygen atoms in total. The Labute approximate surface area is 118 Å². The molecule has 0 aliphatic rings. The van der Waals surface area contributed by atoms with Crippen molar-refractivity contribution in [3.05, 3.63) is 30.3 Å². The van der Waals surface area contributed by atoms with E-state index < -0.39 is 12.1 Å². The number of benzene rings is 1. The van der Waals surface area contributed by atoms with Crippen molar-refractivity contribution in [3.8, 4) is 5.75 Å². The molecular formula is C15H21NO4. The van der Waals surface area contributed by atoms with E-state index in [-0.39, 0.29) is 18.2 Å². The summed E-state index contributed by atoms with van der Waals surface area (Å²) in [5.41, 5.74) is 0. The second-order valence-corrected chi connectivity index (χ2v) is 4.86. The van der Waals surface area contributed by atoms with Gasteiger partial charge in [-0.15, -0.1) is 0 Å². The van der Waals surface area contributed by atoms with Crippen LogP contribution < -0.4 is 10.1 Å². The Morgan fingerprint density at radius 3 is 2.50 bits per heavy atom. The van der Waals surface area contributed by atoms with Crippen LogP contribution in [0.4, 0.5) is 0 Å². The summed E-state index contributed by atoms with van der Waals surface area (Å²) in [6.07, 6.45) is 0.0838. The monoisotopic (exact) mass is 279 g/mol. The Kier molecular flexibility index (Phi) is 6.56. The summed E-state index contributed by atoms with van der Waals surface area (Å²) in [5.74, 6) is -0.243. The van der Waals surface area contributed by atoms with Crippen molar-refractivity contribution in [1.82, 2.24) is 5.32 Å². The van der Waals surface area contributed by atoms with Gasteiger partial charge in [-0.3, -0.25) is 9.59 Å². The summed E-state index contributed by atoms with van der Waals surface area (Å²) < 4.78 is 5.50. The molecule has 20 heavy (non-hydrogen) atoms. The van der Waals surface area contributed by atoms with Gasteiger partial charge in [0, 0.05) is 13.0 Å². The number of aliphatic carboxylic acids is 1. The zero-order chi connectivity index (χ0) is 15.0. The topological polar surface area (TPSA) is 75.6 Å². The fourth-order valence-corrected chi connectivity index (χ4v) is 1.65. The number of carboxylic acids is 1. The number of para-hydroxylation sites is 1. The molecule has 5 heteroatoms. The molecule has 0 aliphatic carbocycles. The Morgan fingerprint density at radius 1 is 1.25 bits per heavy atom. The summed E-state index contributed by atoms with van der Waals surface area (Å²) in [6, 6.07) is 9.14. The molecule has 1 amide bonds. The van der Waals surface area contributed by atoms with Crippen molar-refractivity contribution in [2.75, 3.05) is 6.54 Å². The molecule has 0 bridgehead atoms. The number of hydrogen-bond donors (Lipinski definition) is 2. The molecule has 1 aromatic carbocycles. The van der Waals surface area contributed by atoms with E-state index in [4.69, 9.17) is 9.84 Å². The molecule has 0 saturated carbocycles. The summed E-state index contributed by atoms with van der Waals surface area (Å²) in [7, 11) is 0. The molecule has 1 rings (SSSR count). The first-order chi connectivity index (χ1) is 9.49. The number of carbonyl (C=O) groups is 2. The quantitative estimate of drug-likeness (QED) is 0.764. The minimum absolute atomic E-state index is 0.118. The molecular weight excluding hydrogens is 258 g/mol. The van der Waals surface area contributed by atoms with Gasteiger partial charge in [-0.05, 0) is 31.4 Å². The number of carbonyl (C=O) groups excluding carboxylic acids is 1. The summed E-state index contributed by atoms with van der Waals surface area (Å²) in [4.78, 5) is 22.3. The van der Waals surface area contributed by atoms with Gasteiger partial charge in [-0.25, -0.2) is 0 Å². The Morgan fingerprint density at radius 2 is 1.90 bits per heavy atom. The third-order valence-electron chi connectivity index (χ3n) is 2.90. The first kappa shape index (κ1) is 16.0. The molecule has 0 heterocycles. The van der Waals surface area contributed by atoms with Crippen LogP contribution >= 0.6 is 0 Å². The maximum Gasteiger partial charge on any atom is 0.303 e. The van der Waals surface area contributed by atoms with E-state index in [9.17, 15) is 9.59 Å². The van der Waals surface area contributed by atoms with Crippen LogP contribution in [0, 0.1) is 5.92 Å². The van der Waals surface area contributed by atoms with Crippen LogP contribution in [0.25, 0.3) is 0 Å². The SMILES string of the molecule is CC(CCC(=O)O)CNC(=O)C(C)Oc1ccccc1. The van der Waals surface area contributed by atoms with Gasteiger partial charge in [0.15, 0.2) is 6.10 Å². The molecule has 110 valence electrons. The fraction of sp³-hybridized carbons (Fsp3) is 0.467. The molecule has 0 aliphatic heterocycles. The van der Waals surface area contributed by atoms with E-state index in [1.54, 1.807) is 19.1 Å². The summed E-state index contributed by atoms with van der Waals surface area (Å²) in [5, 5.41) is 11.4. The molecule has 0 radical (unpaired) electrons. The average Bonchev–Trinajstić information content (AvgIpc) is 2.43. The van der Waals surface area contributed by atoms with Gasteiger partial charge >= 0.3 is 5.97 Å². The minimum atomic E-state index is -0.816. The lowest BCUT2D eigenvalue weighted by Crippen LogP contribution is -2.38. The van der Waals surface area contributed by atoms with E-state index >= 15 is 0 Å². The van der Waals surface area contributed by atoms with Crippen LogP contribution in [-0.4, -0.2) is 29.6 Å². The van der Waals surface area contributed by atoms with Crippen molar-refractivity contribution < 1.29 is 19.4 Å². The number of ether oxygens (including phenoxy) is 1. The first-order valence-electron chi connectivity index (χ1n) is 6.70. The van der Waals surface area contributed by atoms with Crippen LogP contribution in [0.3, 0.4) is 0 Å². The van der Waals surface area contributed by atoms with E-state index in [1.807, 2.05) is 25.1 Å². The third-order valence-corrected chi connectivity index (χ3v) is 2.90. The third kappa shape index (κ3) is 6.22. The molecule has 0 spiro atoms. The zero-order valence-corrected chi connectivity index (χ0v) is 11.8. The van der Waals surface area contributed by atoms with Gasteiger partial charge in [0.25, 0.3) is 5.91 Å². The van der Waals surface area contributed by atoms with Crippen molar-refractivity contribution in [3.63, 3.8) is 0 Å². The second kappa shape index (κ2) is 8.19. The highest BCUT2D eigenvalue weighted by atomic mass is 16.5. The molecule has 2 unspecified atom stereocenters. The Bertz CT molecular complexity index is 433. The molecule has 0 saturated heterocycles. The molecule has 1 aromatic rings. The molecule has 0 aromatic heterocycles. The van der Waals surface area contributed by atoms with Crippen LogP contribution in [-0.2, 0) is 9.59 Å². The highest BCUT2D eigenvalue weighted by molar-refractivity contribution is 5.80. The molecule has 2 atom stereocenters. The highest BCUT2D eigenvalue weighted by Gasteiger charge is 2.15. The van der Waals surface area contributed by atoms with Crippen molar-refractivity contribution in [1.29, 1.82) is 0 Å². The van der Waals surface area contributed by atoms with Gasteiger partial charge in [0.1, 0.15) is 5.75 Å². The molecule has 0 fully saturated rings. The zero-order valence-electron chi connectivity index (χ0n) is 11.8. The number of amides is 1. The largest absolute Gasteiger partial charge is 0.481 e. The van der Waals surface area contributed by atoms with E-state index in [1.165, 1.54) is 0 Å². The number of carboxylic acid groups (broad SMARTS) is 1. The lowest BCUT2D eigenvalue weighted by atomic mass is 10.1. The average molecular weight is 279 g/mol. The number of nitrogens with one attached hydrogen (secondary N) is 1. The fourth-order valence-electron chi connectivity index (χ4n) is 1.65. The Balaban J connectivity index is 2.29. The van der Waals surface area contributed by atoms with Crippen LogP contribution in [0.1, 0.15) is 26.7 Å². The van der Waals surface area contributed by atoms with Gasteiger partial charge in [-0.1, -0.05) is 25.1 Å². The van der Waals surface area contributed by atoms with Crippen LogP contribution in [0.15, 0.2) is 30.3 Å². The summed E-state index contributed by atoms with van der Waals surface area (Å²) >= 11 is 0.